The summed E-state index contributed by atoms with van der Waals surface area (Å²) >= 11 is 12.8. The summed E-state index contributed by atoms with van der Waals surface area (Å²) in [5, 5.41) is 28.5. The predicted octanol–water partition coefficient (Wildman–Crippen LogP) is -0.699. The molecule has 2 aliphatic heterocycles. The van der Waals surface area contributed by atoms with Crippen LogP contribution < -0.4 is 21.3 Å². The lowest BCUT2D eigenvalue weighted by atomic mass is 10.0. The molecule has 14 heteroatoms. The normalized spacial score (nSPS) is 31.5. The van der Waals surface area contributed by atoms with Crippen LogP contribution in [-0.4, -0.2) is 98.8 Å². The molecule has 0 aromatic heterocycles. The van der Waals surface area contributed by atoms with Crippen molar-refractivity contribution in [2.24, 2.45) is 0 Å². The van der Waals surface area contributed by atoms with Crippen molar-refractivity contribution >= 4 is 52.7 Å². The maximum atomic E-state index is 13.6. The van der Waals surface area contributed by atoms with E-state index < -0.39 is 83.2 Å². The van der Waals surface area contributed by atoms with Gasteiger partial charge in [-0.2, -0.15) is 0 Å². The number of rotatable bonds is 5. The van der Waals surface area contributed by atoms with E-state index in [9.17, 15) is 34.2 Å². The Balaban J connectivity index is 2.04. The van der Waals surface area contributed by atoms with E-state index in [1.807, 2.05) is 6.92 Å². The van der Waals surface area contributed by atoms with E-state index in [-0.39, 0.29) is 19.4 Å². The molecule has 3 rings (SSSR count). The van der Waals surface area contributed by atoms with Crippen LogP contribution in [0.3, 0.4) is 0 Å². The van der Waals surface area contributed by atoms with Crippen molar-refractivity contribution in [2.75, 3.05) is 13.2 Å². The van der Waals surface area contributed by atoms with Gasteiger partial charge in [-0.15, -0.1) is 23.2 Å². The molecular weight excluding hydrogens is 565 g/mol. The summed E-state index contributed by atoms with van der Waals surface area (Å²) in [6.45, 7) is 2.21. The Hall–Kier alpha value is -2.93. The van der Waals surface area contributed by atoms with Crippen molar-refractivity contribution in [3.8, 4) is 0 Å². The minimum absolute atomic E-state index is 0.0798. The SMILES string of the molecule is CCC[C@H]1NC(=O)C[C@H](c2ccccc2)NC(=O)[C@H](CO)NC(=O)C(C(C)O)NC(=O)C2[C@H](Cl)[C@H](Cl)CN2C1=O. The third-order valence-electron chi connectivity index (χ3n) is 6.90. The molecule has 40 heavy (non-hydrogen) atoms. The number of carbonyl (C=O) groups excluding carboxylic acids is 5. The molecule has 0 aliphatic carbocycles. The second-order valence-electron chi connectivity index (χ2n) is 9.95. The zero-order valence-electron chi connectivity index (χ0n) is 22.2. The van der Waals surface area contributed by atoms with Gasteiger partial charge in [0.25, 0.3) is 0 Å². The first kappa shape index (κ1) is 31.6. The average Bonchev–Trinajstić information content (AvgIpc) is 3.22. The van der Waals surface area contributed by atoms with Gasteiger partial charge < -0.3 is 36.4 Å². The molecule has 8 atom stereocenters. The van der Waals surface area contributed by atoms with Gasteiger partial charge in [-0.05, 0) is 18.9 Å². The molecule has 0 spiro atoms. The zero-order chi connectivity index (χ0) is 29.6. The Kier molecular flexibility index (Phi) is 11.1. The lowest BCUT2D eigenvalue weighted by molar-refractivity contribution is -0.143. The highest BCUT2D eigenvalue weighted by Crippen LogP contribution is 2.29. The number of aliphatic hydroxyl groups excluding tert-OH is 2. The van der Waals surface area contributed by atoms with Gasteiger partial charge in [0, 0.05) is 6.54 Å². The number of alkyl halides is 2. The van der Waals surface area contributed by atoms with E-state index in [1.54, 1.807) is 30.3 Å². The summed E-state index contributed by atoms with van der Waals surface area (Å²) in [4.78, 5) is 67.5. The number of hydrogen-bond donors (Lipinski definition) is 6. The van der Waals surface area contributed by atoms with Crippen molar-refractivity contribution in [2.45, 2.75) is 80.2 Å². The average molecular weight is 600 g/mol. The number of nitrogens with zero attached hydrogens (tertiary/aromatic N) is 1. The predicted molar refractivity (Wildman–Crippen MR) is 146 cm³/mol. The quantitative estimate of drug-likeness (QED) is 0.242. The van der Waals surface area contributed by atoms with Gasteiger partial charge >= 0.3 is 0 Å². The van der Waals surface area contributed by atoms with Crippen molar-refractivity contribution in [1.82, 2.24) is 26.2 Å². The molecule has 2 fully saturated rings. The minimum Gasteiger partial charge on any atom is -0.394 e. The number of carbonyl (C=O) groups is 5. The van der Waals surface area contributed by atoms with Gasteiger partial charge in [0.1, 0.15) is 24.2 Å². The molecule has 6 N–H and O–H groups in total. The second-order valence-corrected chi connectivity index (χ2v) is 11.0. The Bertz CT molecular complexity index is 1090. The van der Waals surface area contributed by atoms with Crippen LogP contribution in [0.2, 0.25) is 0 Å². The van der Waals surface area contributed by atoms with Gasteiger partial charge in [-0.1, -0.05) is 43.7 Å². The van der Waals surface area contributed by atoms with E-state index in [0.29, 0.717) is 12.0 Å². The summed E-state index contributed by atoms with van der Waals surface area (Å²) in [5.74, 6) is -3.71. The number of amides is 5. The molecule has 0 radical (unpaired) electrons. The highest BCUT2D eigenvalue weighted by molar-refractivity contribution is 6.32. The van der Waals surface area contributed by atoms with Crippen LogP contribution in [0.25, 0.3) is 0 Å². The van der Waals surface area contributed by atoms with E-state index in [1.165, 1.54) is 11.8 Å². The minimum atomic E-state index is -1.55. The Morgan fingerprint density at radius 3 is 2.23 bits per heavy atom. The summed E-state index contributed by atoms with van der Waals surface area (Å²) in [7, 11) is 0. The summed E-state index contributed by atoms with van der Waals surface area (Å²) in [6, 6.07) is 2.42. The summed E-state index contributed by atoms with van der Waals surface area (Å²) in [5.41, 5.74) is 0.581. The van der Waals surface area contributed by atoms with Crippen molar-refractivity contribution in [3.05, 3.63) is 35.9 Å². The topological polar surface area (TPSA) is 177 Å². The number of halogens is 2. The van der Waals surface area contributed by atoms with Crippen LogP contribution >= 0.6 is 23.2 Å². The number of hydrogen-bond acceptors (Lipinski definition) is 7. The molecule has 2 aliphatic rings. The molecule has 0 bridgehead atoms. The van der Waals surface area contributed by atoms with E-state index >= 15 is 0 Å². The van der Waals surface area contributed by atoms with Gasteiger partial charge in [0.05, 0.1) is 35.9 Å². The number of aliphatic hydroxyl groups is 2. The van der Waals surface area contributed by atoms with Crippen molar-refractivity contribution in [3.63, 3.8) is 0 Å². The second kappa shape index (κ2) is 14.1. The smallest absolute Gasteiger partial charge is 0.245 e. The van der Waals surface area contributed by atoms with Gasteiger partial charge in [0.15, 0.2) is 0 Å². The van der Waals surface area contributed by atoms with E-state index in [4.69, 9.17) is 23.2 Å². The first-order valence-corrected chi connectivity index (χ1v) is 14.0. The van der Waals surface area contributed by atoms with Crippen LogP contribution in [0, 0.1) is 0 Å². The molecule has 1 aromatic carbocycles. The monoisotopic (exact) mass is 599 g/mol. The Morgan fingerprint density at radius 2 is 1.62 bits per heavy atom. The van der Waals surface area contributed by atoms with Gasteiger partial charge in [-0.25, -0.2) is 0 Å². The number of fused-ring (bicyclic) bond motifs is 1. The third kappa shape index (κ3) is 7.42. The molecule has 220 valence electrons. The van der Waals surface area contributed by atoms with Gasteiger partial charge in [0.2, 0.25) is 29.5 Å². The van der Waals surface area contributed by atoms with Crippen molar-refractivity contribution in [1.29, 1.82) is 0 Å². The lowest BCUT2D eigenvalue weighted by Crippen LogP contribution is -2.62. The molecule has 0 saturated carbocycles. The van der Waals surface area contributed by atoms with Crippen LogP contribution in [0.15, 0.2) is 30.3 Å². The lowest BCUT2D eigenvalue weighted by Gasteiger charge is -2.32. The molecule has 12 nitrogen and oxygen atoms in total. The Labute approximate surface area is 242 Å². The molecule has 5 amide bonds. The van der Waals surface area contributed by atoms with Crippen LogP contribution in [0.4, 0.5) is 0 Å². The maximum absolute atomic E-state index is 13.6. The summed E-state index contributed by atoms with van der Waals surface area (Å²) < 4.78 is 0. The zero-order valence-corrected chi connectivity index (χ0v) is 23.7. The highest BCUT2D eigenvalue weighted by Gasteiger charge is 2.49. The molecule has 3 unspecified atom stereocenters. The Morgan fingerprint density at radius 1 is 0.950 bits per heavy atom. The largest absolute Gasteiger partial charge is 0.394 e. The fraction of sp³-hybridized carbons (Fsp3) is 0.577. The fourth-order valence-corrected chi connectivity index (χ4v) is 5.40. The molecule has 1 aromatic rings. The van der Waals surface area contributed by atoms with Crippen LogP contribution in [0.1, 0.15) is 44.7 Å². The maximum Gasteiger partial charge on any atom is 0.245 e. The third-order valence-corrected chi connectivity index (χ3v) is 7.98. The first-order chi connectivity index (χ1) is 19.0. The van der Waals surface area contributed by atoms with Crippen LogP contribution in [0.5, 0.6) is 0 Å². The number of nitrogens with one attached hydrogen (secondary N) is 4. The highest BCUT2D eigenvalue weighted by atomic mass is 35.5. The van der Waals surface area contributed by atoms with Crippen LogP contribution in [-0.2, 0) is 24.0 Å². The first-order valence-electron chi connectivity index (χ1n) is 13.1. The molecular formula is C26H35Cl2N5O7. The van der Waals surface area contributed by atoms with Crippen molar-refractivity contribution < 1.29 is 34.2 Å². The molecule has 2 saturated heterocycles. The van der Waals surface area contributed by atoms with E-state index in [0.717, 1.165) is 0 Å². The summed E-state index contributed by atoms with van der Waals surface area (Å²) in [6.07, 6.45) is -0.896. The fourth-order valence-electron chi connectivity index (χ4n) is 4.78. The van der Waals surface area contributed by atoms with Gasteiger partial charge in [-0.3, -0.25) is 24.0 Å². The standard InChI is InChI=1S/C26H35Cl2N5O7/c1-3-7-16-26(40)33-11-15(27)20(28)22(33)25(39)32-21(13(2)35)24(38)31-18(12-34)23(37)30-17(10-19(36)29-16)14-8-5-4-6-9-14/h4-6,8-9,13,15-18,20-22,34-35H,3,7,10-12H2,1-2H3,(H,29,36)(H,30,37)(H,31,38)(H,32,39)/t13?,15-,16-,17-,18+,20-,21?,22?/m1/s1. The molecule has 2 heterocycles. The van der Waals surface area contributed by atoms with E-state index in [2.05, 4.69) is 21.3 Å². The number of benzene rings is 1.